The van der Waals surface area contributed by atoms with Crippen LogP contribution in [0.1, 0.15) is 10.9 Å². The van der Waals surface area contributed by atoms with Crippen molar-refractivity contribution in [1.82, 2.24) is 5.32 Å². The Balaban J connectivity index is 2.11. The van der Waals surface area contributed by atoms with Crippen LogP contribution in [0.5, 0.6) is 0 Å². The number of rotatable bonds is 3. The number of nitrogens with one attached hydrogen (secondary N) is 1. The van der Waals surface area contributed by atoms with Gasteiger partial charge in [0.15, 0.2) is 0 Å². The summed E-state index contributed by atoms with van der Waals surface area (Å²) in [4.78, 5) is 0. The van der Waals surface area contributed by atoms with Crippen molar-refractivity contribution in [3.05, 3.63) is 34.3 Å². The molecular formula is C11H14BrNO2S. The van der Waals surface area contributed by atoms with Gasteiger partial charge in [-0.15, -0.1) is 11.8 Å². The van der Waals surface area contributed by atoms with Crippen LogP contribution in [-0.2, 0) is 0 Å². The summed E-state index contributed by atoms with van der Waals surface area (Å²) >= 11 is 5.11. The monoisotopic (exact) mass is 303 g/mol. The number of thioether (sulfide) groups is 1. The molecule has 3 N–H and O–H groups in total. The minimum absolute atomic E-state index is 0.0382. The first-order valence-corrected chi connectivity index (χ1v) is 6.90. The fourth-order valence-corrected chi connectivity index (χ4v) is 3.35. The first-order chi connectivity index (χ1) is 7.69. The molecule has 1 heterocycles. The second kappa shape index (κ2) is 5.06. The van der Waals surface area contributed by atoms with Gasteiger partial charge in [-0.2, -0.15) is 0 Å². The van der Waals surface area contributed by atoms with E-state index in [1.165, 1.54) is 0 Å². The van der Waals surface area contributed by atoms with Crippen LogP contribution in [-0.4, -0.2) is 34.7 Å². The third kappa shape index (κ3) is 2.43. The third-order valence-corrected chi connectivity index (χ3v) is 4.71. The van der Waals surface area contributed by atoms with Crippen molar-refractivity contribution in [2.45, 2.75) is 10.9 Å². The van der Waals surface area contributed by atoms with Gasteiger partial charge in [-0.3, -0.25) is 5.32 Å². The average molecular weight is 304 g/mol. The lowest BCUT2D eigenvalue weighted by molar-refractivity contribution is 0.112. The molecule has 0 unspecified atom stereocenters. The lowest BCUT2D eigenvalue weighted by atomic mass is 10.0. The first kappa shape index (κ1) is 12.4. The Bertz CT molecular complexity index is 354. The molecule has 0 amide bonds. The van der Waals surface area contributed by atoms with Gasteiger partial charge in [0.25, 0.3) is 0 Å². The van der Waals surface area contributed by atoms with Gasteiger partial charge in [-0.05, 0) is 17.7 Å². The quantitative estimate of drug-likeness (QED) is 0.792. The van der Waals surface area contributed by atoms with Gasteiger partial charge in [0.1, 0.15) is 0 Å². The van der Waals surface area contributed by atoms with Crippen molar-refractivity contribution in [3.8, 4) is 0 Å². The molecule has 0 spiro atoms. The molecule has 5 heteroatoms. The van der Waals surface area contributed by atoms with Crippen LogP contribution < -0.4 is 5.32 Å². The molecule has 1 saturated heterocycles. The van der Waals surface area contributed by atoms with E-state index in [4.69, 9.17) is 0 Å². The number of benzene rings is 1. The maximum absolute atomic E-state index is 9.28. The SMILES string of the molecule is OCC1(CO)CS[C@H](c2ccc(Br)cc2)N1. The average Bonchev–Trinajstić information content (AvgIpc) is 2.75. The Morgan fingerprint density at radius 1 is 1.31 bits per heavy atom. The second-order valence-electron chi connectivity index (χ2n) is 3.98. The molecule has 88 valence electrons. The highest BCUT2D eigenvalue weighted by Crippen LogP contribution is 2.37. The van der Waals surface area contributed by atoms with Crippen LogP contribution in [0, 0.1) is 0 Å². The Hall–Kier alpha value is -0.0700. The van der Waals surface area contributed by atoms with Crippen LogP contribution in [0.3, 0.4) is 0 Å². The van der Waals surface area contributed by atoms with E-state index >= 15 is 0 Å². The molecule has 1 aromatic rings. The minimum Gasteiger partial charge on any atom is -0.394 e. The lowest BCUT2D eigenvalue weighted by Crippen LogP contribution is -2.49. The Kier molecular flexibility index (Phi) is 3.92. The fraction of sp³-hybridized carbons (Fsp3) is 0.455. The minimum atomic E-state index is -0.539. The van der Waals surface area contributed by atoms with E-state index in [2.05, 4.69) is 21.2 Å². The summed E-state index contributed by atoms with van der Waals surface area (Å²) in [6, 6.07) is 8.07. The van der Waals surface area contributed by atoms with Gasteiger partial charge in [0.2, 0.25) is 0 Å². The molecule has 1 aliphatic rings. The molecule has 0 bridgehead atoms. The Morgan fingerprint density at radius 2 is 1.94 bits per heavy atom. The number of aliphatic hydroxyl groups excluding tert-OH is 2. The van der Waals surface area contributed by atoms with Gasteiger partial charge in [0.05, 0.1) is 24.1 Å². The van der Waals surface area contributed by atoms with E-state index in [9.17, 15) is 10.2 Å². The van der Waals surface area contributed by atoms with Crippen LogP contribution >= 0.6 is 27.7 Å². The van der Waals surface area contributed by atoms with Crippen molar-refractivity contribution in [2.24, 2.45) is 0 Å². The number of aliphatic hydroxyl groups is 2. The summed E-state index contributed by atoms with van der Waals surface area (Å²) in [6.45, 7) is -0.0763. The summed E-state index contributed by atoms with van der Waals surface area (Å²) in [5, 5.41) is 22.0. The largest absolute Gasteiger partial charge is 0.394 e. The standard InChI is InChI=1S/C11H14BrNO2S/c12-9-3-1-8(2-4-9)10-13-11(5-14,6-15)7-16-10/h1-4,10,13-15H,5-7H2/t10-/m1/s1. The highest BCUT2D eigenvalue weighted by Gasteiger charge is 2.38. The van der Waals surface area contributed by atoms with E-state index in [0.29, 0.717) is 0 Å². The molecule has 2 rings (SSSR count). The van der Waals surface area contributed by atoms with Crippen molar-refractivity contribution in [2.75, 3.05) is 19.0 Å². The smallest absolute Gasteiger partial charge is 0.0795 e. The topological polar surface area (TPSA) is 52.5 Å². The molecule has 1 aliphatic heterocycles. The summed E-state index contributed by atoms with van der Waals surface area (Å²) in [7, 11) is 0. The van der Waals surface area contributed by atoms with E-state index in [1.807, 2.05) is 24.3 Å². The van der Waals surface area contributed by atoms with Crippen molar-refractivity contribution >= 4 is 27.7 Å². The third-order valence-electron chi connectivity index (χ3n) is 2.74. The molecule has 3 nitrogen and oxygen atoms in total. The summed E-state index contributed by atoms with van der Waals surface area (Å²) < 4.78 is 1.05. The number of halogens is 1. The van der Waals surface area contributed by atoms with Gasteiger partial charge in [-0.25, -0.2) is 0 Å². The molecule has 0 saturated carbocycles. The van der Waals surface area contributed by atoms with E-state index in [1.54, 1.807) is 11.8 Å². The Morgan fingerprint density at radius 3 is 2.44 bits per heavy atom. The highest BCUT2D eigenvalue weighted by atomic mass is 79.9. The molecular weight excluding hydrogens is 290 g/mol. The van der Waals surface area contributed by atoms with Gasteiger partial charge < -0.3 is 10.2 Å². The predicted octanol–water partition coefficient (Wildman–Crippen LogP) is 1.51. The zero-order chi connectivity index (χ0) is 11.6. The summed E-state index contributed by atoms with van der Waals surface area (Å²) in [5.41, 5.74) is 0.625. The van der Waals surface area contributed by atoms with Crippen molar-refractivity contribution < 1.29 is 10.2 Å². The lowest BCUT2D eigenvalue weighted by Gasteiger charge is -2.24. The highest BCUT2D eigenvalue weighted by molar-refractivity contribution is 9.10. The molecule has 0 aromatic heterocycles. The second-order valence-corrected chi connectivity index (χ2v) is 5.99. The maximum atomic E-state index is 9.28. The molecule has 0 aliphatic carbocycles. The Labute approximate surface area is 107 Å². The molecule has 1 atom stereocenters. The summed E-state index contributed by atoms with van der Waals surface area (Å²) in [6.07, 6.45) is 0. The zero-order valence-corrected chi connectivity index (χ0v) is 11.1. The zero-order valence-electron chi connectivity index (χ0n) is 8.69. The maximum Gasteiger partial charge on any atom is 0.0795 e. The van der Waals surface area contributed by atoms with Crippen LogP contribution in [0.25, 0.3) is 0 Å². The molecule has 1 aromatic carbocycles. The van der Waals surface area contributed by atoms with E-state index < -0.39 is 5.54 Å². The van der Waals surface area contributed by atoms with Gasteiger partial charge >= 0.3 is 0 Å². The summed E-state index contributed by atoms with van der Waals surface area (Å²) in [5.74, 6) is 0.723. The molecule has 16 heavy (non-hydrogen) atoms. The van der Waals surface area contributed by atoms with Crippen molar-refractivity contribution in [1.29, 1.82) is 0 Å². The predicted molar refractivity (Wildman–Crippen MR) is 69.4 cm³/mol. The van der Waals surface area contributed by atoms with Gasteiger partial charge in [-0.1, -0.05) is 28.1 Å². The van der Waals surface area contributed by atoms with Crippen molar-refractivity contribution in [3.63, 3.8) is 0 Å². The van der Waals surface area contributed by atoms with Crippen LogP contribution in [0.15, 0.2) is 28.7 Å². The van der Waals surface area contributed by atoms with E-state index in [0.717, 1.165) is 15.8 Å². The molecule has 0 radical (unpaired) electrons. The molecule has 1 fully saturated rings. The van der Waals surface area contributed by atoms with Crippen LogP contribution in [0.4, 0.5) is 0 Å². The fourth-order valence-electron chi connectivity index (χ4n) is 1.65. The first-order valence-electron chi connectivity index (χ1n) is 5.06. The van der Waals surface area contributed by atoms with Crippen LogP contribution in [0.2, 0.25) is 0 Å². The normalized spacial score (nSPS) is 23.6. The number of hydrogen-bond acceptors (Lipinski definition) is 4. The van der Waals surface area contributed by atoms with E-state index in [-0.39, 0.29) is 18.6 Å². The number of hydrogen-bond donors (Lipinski definition) is 3. The van der Waals surface area contributed by atoms with Gasteiger partial charge in [0, 0.05) is 10.2 Å².